The molecule has 50 heavy (non-hydrogen) atoms. The fourth-order valence-corrected chi connectivity index (χ4v) is 8.19. The van der Waals surface area contributed by atoms with Crippen molar-refractivity contribution in [2.24, 2.45) is 0 Å². The highest BCUT2D eigenvalue weighted by Crippen LogP contribution is 2.49. The van der Waals surface area contributed by atoms with Gasteiger partial charge in [-0.25, -0.2) is 0 Å². The van der Waals surface area contributed by atoms with Crippen LogP contribution in [-0.2, 0) is 9.59 Å². The Morgan fingerprint density at radius 3 is 1.18 bits per heavy atom. The maximum Gasteiger partial charge on any atom is 0.187 e. The lowest BCUT2D eigenvalue weighted by atomic mass is 9.75. The number of carbonyl (C=O) groups excluding carboxylic acids is 2. The lowest BCUT2D eigenvalue weighted by molar-refractivity contribution is -0.111. The number of hydrogen-bond acceptors (Lipinski definition) is 2. The zero-order valence-corrected chi connectivity index (χ0v) is 27.0. The highest BCUT2D eigenvalue weighted by molar-refractivity contribution is 6.50. The number of carbonyl (C=O) groups is 2. The zero-order chi connectivity index (χ0) is 33.3. The van der Waals surface area contributed by atoms with Crippen LogP contribution >= 0.6 is 0 Å². The highest BCUT2D eigenvalue weighted by Gasteiger charge is 2.33. The fourth-order valence-electron chi connectivity index (χ4n) is 8.19. The predicted molar refractivity (Wildman–Crippen MR) is 209 cm³/mol. The molecule has 0 atom stereocenters. The molecule has 0 bridgehead atoms. The van der Waals surface area contributed by atoms with Crippen LogP contribution in [0.5, 0.6) is 0 Å². The van der Waals surface area contributed by atoms with Gasteiger partial charge >= 0.3 is 0 Å². The van der Waals surface area contributed by atoms with E-state index in [1.165, 1.54) is 0 Å². The van der Waals surface area contributed by atoms with Gasteiger partial charge in [-0.1, -0.05) is 146 Å². The van der Waals surface area contributed by atoms with Gasteiger partial charge in [-0.15, -0.1) is 0 Å². The molecule has 0 N–H and O–H groups in total. The van der Waals surface area contributed by atoms with Crippen molar-refractivity contribution in [3.8, 4) is 22.3 Å². The summed E-state index contributed by atoms with van der Waals surface area (Å²) in [5.74, 6) is -0.325. The summed E-state index contributed by atoms with van der Waals surface area (Å²) in [7, 11) is 0. The van der Waals surface area contributed by atoms with Crippen molar-refractivity contribution in [2.45, 2.75) is 0 Å². The number of rotatable bonds is 2. The van der Waals surface area contributed by atoms with E-state index in [1.807, 2.05) is 48.6 Å². The van der Waals surface area contributed by atoms with Crippen molar-refractivity contribution in [3.05, 3.63) is 180 Å². The first kappa shape index (κ1) is 28.4. The smallest absolute Gasteiger partial charge is 0.187 e. The number of allylic oxidation sites excluding steroid dienone is 4. The van der Waals surface area contributed by atoms with Gasteiger partial charge in [0.2, 0.25) is 0 Å². The molecular weight excluding hydrogens is 609 g/mol. The normalized spacial score (nSPS) is 15.3. The van der Waals surface area contributed by atoms with Crippen molar-refractivity contribution in [3.63, 3.8) is 0 Å². The molecule has 2 aliphatic carbocycles. The molecule has 10 rings (SSSR count). The standard InChI is InChI=1S/C48H28O2/c49-41-25-21-33-27-39(29-11-3-1-4-12-29)37-23-19-31-15-7-9-17-35(31)45(37)43(33)47(41)48-42(50)26-22-34-28-40(30-13-5-2-6-14-30)38-24-20-32-16-8-10-18-36(32)46(38)44(34)48/h1-28H/b48-47+. The summed E-state index contributed by atoms with van der Waals surface area (Å²) in [5, 5.41) is 8.32. The molecule has 0 spiro atoms. The van der Waals surface area contributed by atoms with Crippen LogP contribution in [0.25, 0.3) is 88.6 Å². The molecule has 232 valence electrons. The Morgan fingerprint density at radius 2 is 0.740 bits per heavy atom. The predicted octanol–water partition coefficient (Wildman–Crippen LogP) is 11.7. The molecule has 0 fully saturated rings. The second-order valence-electron chi connectivity index (χ2n) is 13.1. The summed E-state index contributed by atoms with van der Waals surface area (Å²) in [5.41, 5.74) is 8.78. The molecule has 8 aromatic carbocycles. The summed E-state index contributed by atoms with van der Waals surface area (Å²) in [6.45, 7) is 0. The van der Waals surface area contributed by atoms with Gasteiger partial charge in [-0.3, -0.25) is 9.59 Å². The number of fused-ring (bicyclic) bond motifs is 10. The topological polar surface area (TPSA) is 34.1 Å². The lowest BCUT2D eigenvalue weighted by Gasteiger charge is -2.26. The first-order chi connectivity index (χ1) is 24.7. The Bertz CT molecular complexity index is 2670. The fraction of sp³-hybridized carbons (Fsp3) is 0. The van der Waals surface area contributed by atoms with E-state index < -0.39 is 0 Å². The maximum absolute atomic E-state index is 14.5. The van der Waals surface area contributed by atoms with E-state index in [4.69, 9.17) is 0 Å². The number of ketones is 2. The Balaban J connectivity index is 1.40. The Kier molecular flexibility index (Phi) is 6.21. The minimum atomic E-state index is -0.163. The van der Waals surface area contributed by atoms with E-state index in [0.29, 0.717) is 11.1 Å². The molecule has 0 amide bonds. The highest BCUT2D eigenvalue weighted by atomic mass is 16.1. The molecule has 2 nitrogen and oxygen atoms in total. The first-order valence-corrected chi connectivity index (χ1v) is 16.9. The average Bonchev–Trinajstić information content (AvgIpc) is 3.18. The summed E-state index contributed by atoms with van der Waals surface area (Å²) >= 11 is 0. The van der Waals surface area contributed by atoms with Crippen LogP contribution in [0.2, 0.25) is 0 Å². The molecule has 0 radical (unpaired) electrons. The van der Waals surface area contributed by atoms with Crippen molar-refractivity contribution < 1.29 is 9.59 Å². The van der Waals surface area contributed by atoms with Crippen LogP contribution in [0.4, 0.5) is 0 Å². The van der Waals surface area contributed by atoms with E-state index in [0.717, 1.165) is 87.6 Å². The van der Waals surface area contributed by atoms with Crippen LogP contribution < -0.4 is 0 Å². The minimum Gasteiger partial charge on any atom is -0.289 e. The number of benzene rings is 8. The SMILES string of the molecule is O=C1C=Cc2cc(-c3ccccc3)c3ccc4ccccc4c3c2/C1=C1\C(=O)C=Cc2cc(-c3ccccc3)c3ccc4ccccc4c3c21. The summed E-state index contributed by atoms with van der Waals surface area (Å²) in [6, 6.07) is 50.4. The van der Waals surface area contributed by atoms with E-state index >= 15 is 0 Å². The molecule has 0 heterocycles. The van der Waals surface area contributed by atoms with Gasteiger partial charge in [-0.2, -0.15) is 0 Å². The van der Waals surface area contributed by atoms with Gasteiger partial charge in [0.25, 0.3) is 0 Å². The minimum absolute atomic E-state index is 0.163. The molecule has 0 saturated heterocycles. The molecule has 0 saturated carbocycles. The van der Waals surface area contributed by atoms with Crippen molar-refractivity contribution in [1.82, 2.24) is 0 Å². The van der Waals surface area contributed by atoms with E-state index in [9.17, 15) is 9.59 Å². The quantitative estimate of drug-likeness (QED) is 0.140. The molecule has 0 aromatic heterocycles. The van der Waals surface area contributed by atoms with Gasteiger partial charge in [0.05, 0.1) is 0 Å². The van der Waals surface area contributed by atoms with E-state index in [2.05, 4.69) is 109 Å². The van der Waals surface area contributed by atoms with E-state index in [-0.39, 0.29) is 11.6 Å². The van der Waals surface area contributed by atoms with Crippen molar-refractivity contribution >= 4 is 78.0 Å². The molecule has 0 unspecified atom stereocenters. The van der Waals surface area contributed by atoms with Crippen LogP contribution in [0.1, 0.15) is 22.3 Å². The molecule has 0 aliphatic heterocycles. The van der Waals surface area contributed by atoms with Crippen molar-refractivity contribution in [2.75, 3.05) is 0 Å². The summed E-state index contributed by atoms with van der Waals surface area (Å²) in [6.07, 6.45) is 7.12. The average molecular weight is 637 g/mol. The third kappa shape index (κ3) is 4.15. The second-order valence-corrected chi connectivity index (χ2v) is 13.1. The van der Waals surface area contributed by atoms with Gasteiger partial charge in [-0.05, 0) is 101 Å². The van der Waals surface area contributed by atoms with Gasteiger partial charge in [0, 0.05) is 22.3 Å². The summed E-state index contributed by atoms with van der Waals surface area (Å²) in [4.78, 5) is 29.0. The molecular formula is C48H28O2. The van der Waals surface area contributed by atoms with Gasteiger partial charge < -0.3 is 0 Å². The van der Waals surface area contributed by atoms with Gasteiger partial charge in [0.15, 0.2) is 11.6 Å². The molecule has 2 aliphatic rings. The van der Waals surface area contributed by atoms with Crippen LogP contribution in [-0.4, -0.2) is 11.6 Å². The van der Waals surface area contributed by atoms with Crippen LogP contribution in [0.15, 0.2) is 158 Å². The Labute approximate surface area is 288 Å². The monoisotopic (exact) mass is 636 g/mol. The third-order valence-electron chi connectivity index (χ3n) is 10.4. The largest absolute Gasteiger partial charge is 0.289 e. The third-order valence-corrected chi connectivity index (χ3v) is 10.4. The van der Waals surface area contributed by atoms with E-state index in [1.54, 1.807) is 12.2 Å². The zero-order valence-electron chi connectivity index (χ0n) is 27.0. The number of hydrogen-bond donors (Lipinski definition) is 0. The van der Waals surface area contributed by atoms with Crippen LogP contribution in [0, 0.1) is 0 Å². The Hall–Kier alpha value is -6.64. The lowest BCUT2D eigenvalue weighted by Crippen LogP contribution is -2.15. The first-order valence-electron chi connectivity index (χ1n) is 16.9. The molecule has 2 heteroatoms. The molecule has 8 aromatic rings. The summed E-state index contributed by atoms with van der Waals surface area (Å²) < 4.78 is 0. The Morgan fingerprint density at radius 1 is 0.340 bits per heavy atom. The van der Waals surface area contributed by atoms with Crippen molar-refractivity contribution in [1.29, 1.82) is 0 Å². The van der Waals surface area contributed by atoms with Gasteiger partial charge in [0.1, 0.15) is 0 Å². The maximum atomic E-state index is 14.5. The second kappa shape index (κ2) is 10.9. The van der Waals surface area contributed by atoms with Crippen LogP contribution in [0.3, 0.4) is 0 Å².